The van der Waals surface area contributed by atoms with Gasteiger partial charge in [0.1, 0.15) is 0 Å². The van der Waals surface area contributed by atoms with Crippen molar-refractivity contribution in [2.24, 2.45) is 0 Å². The van der Waals surface area contributed by atoms with Gasteiger partial charge in [0, 0.05) is 12.2 Å². The van der Waals surface area contributed by atoms with Crippen LogP contribution in [0.4, 0.5) is 0 Å². The molecule has 1 aliphatic rings. The lowest BCUT2D eigenvalue weighted by Crippen LogP contribution is -2.25. The highest BCUT2D eigenvalue weighted by atomic mass is 16.5. The predicted molar refractivity (Wildman–Crippen MR) is 74.9 cm³/mol. The van der Waals surface area contributed by atoms with E-state index in [1.165, 1.54) is 7.11 Å². The summed E-state index contributed by atoms with van der Waals surface area (Å²) in [6.07, 6.45) is 6.65. The first-order valence-electron chi connectivity index (χ1n) is 7.08. The smallest absolute Gasteiger partial charge is 0.358 e. The fraction of sp³-hybridized carbons (Fsp3) is 0.467. The van der Waals surface area contributed by atoms with Crippen LogP contribution >= 0.6 is 0 Å². The molecule has 0 aliphatic carbocycles. The first-order chi connectivity index (χ1) is 10.3. The highest BCUT2D eigenvalue weighted by Gasteiger charge is 2.21. The van der Waals surface area contributed by atoms with Gasteiger partial charge in [-0.1, -0.05) is 0 Å². The van der Waals surface area contributed by atoms with Gasteiger partial charge < -0.3 is 13.9 Å². The Labute approximate surface area is 122 Å². The minimum atomic E-state index is -0.442. The Morgan fingerprint density at radius 1 is 1.52 bits per heavy atom. The van der Waals surface area contributed by atoms with Gasteiger partial charge in [0.25, 0.3) is 0 Å². The first-order valence-corrected chi connectivity index (χ1v) is 7.08. The number of nitrogens with zero attached hydrogens (tertiary/aromatic N) is 2. The van der Waals surface area contributed by atoms with E-state index in [9.17, 15) is 4.79 Å². The Morgan fingerprint density at radius 3 is 3.10 bits per heavy atom. The molecule has 1 unspecified atom stereocenters. The summed E-state index contributed by atoms with van der Waals surface area (Å²) in [5, 5.41) is 4.35. The molecule has 0 bridgehead atoms. The van der Waals surface area contributed by atoms with E-state index >= 15 is 0 Å². The first kappa shape index (κ1) is 13.9. The molecule has 6 heteroatoms. The van der Waals surface area contributed by atoms with Crippen LogP contribution in [-0.4, -0.2) is 35.6 Å². The second kappa shape index (κ2) is 6.13. The molecule has 1 aliphatic heterocycles. The zero-order chi connectivity index (χ0) is 14.7. The van der Waals surface area contributed by atoms with Crippen LogP contribution in [0.1, 0.15) is 29.8 Å². The van der Waals surface area contributed by atoms with E-state index in [1.54, 1.807) is 23.3 Å². The minimum absolute atomic E-state index is 0.134. The van der Waals surface area contributed by atoms with Crippen molar-refractivity contribution in [1.82, 2.24) is 9.78 Å². The van der Waals surface area contributed by atoms with E-state index < -0.39 is 5.97 Å². The SMILES string of the molecule is COC(=O)c1cc(-c2ccoc2)n(CC2CCCCO2)n1. The molecule has 112 valence electrons. The molecule has 0 spiro atoms. The second-order valence-corrected chi connectivity index (χ2v) is 5.09. The van der Waals surface area contributed by atoms with Crippen LogP contribution < -0.4 is 0 Å². The molecule has 3 rings (SSSR count). The molecule has 0 saturated carbocycles. The van der Waals surface area contributed by atoms with E-state index in [0.29, 0.717) is 12.2 Å². The van der Waals surface area contributed by atoms with Crippen molar-refractivity contribution < 1.29 is 18.7 Å². The molecule has 0 amide bonds. The van der Waals surface area contributed by atoms with Crippen molar-refractivity contribution in [1.29, 1.82) is 0 Å². The average molecular weight is 290 g/mol. The van der Waals surface area contributed by atoms with E-state index in [2.05, 4.69) is 5.10 Å². The van der Waals surface area contributed by atoms with Crippen molar-refractivity contribution in [2.45, 2.75) is 31.9 Å². The third-order valence-electron chi connectivity index (χ3n) is 3.64. The van der Waals surface area contributed by atoms with Gasteiger partial charge in [0.05, 0.1) is 38.0 Å². The number of esters is 1. The molecular formula is C15H18N2O4. The summed E-state index contributed by atoms with van der Waals surface area (Å²) in [7, 11) is 1.35. The zero-order valence-corrected chi connectivity index (χ0v) is 11.9. The predicted octanol–water partition coefficient (Wildman–Crippen LogP) is 2.50. The maximum Gasteiger partial charge on any atom is 0.358 e. The van der Waals surface area contributed by atoms with Crippen LogP contribution in [0, 0.1) is 0 Å². The molecule has 6 nitrogen and oxygen atoms in total. The number of carbonyl (C=O) groups excluding carboxylic acids is 1. The van der Waals surface area contributed by atoms with Crippen LogP contribution in [0.5, 0.6) is 0 Å². The summed E-state index contributed by atoms with van der Waals surface area (Å²) in [6.45, 7) is 1.41. The van der Waals surface area contributed by atoms with Crippen LogP contribution in [0.3, 0.4) is 0 Å². The number of carbonyl (C=O) groups is 1. The molecule has 1 fully saturated rings. The van der Waals surface area contributed by atoms with E-state index in [-0.39, 0.29) is 6.10 Å². The molecule has 1 atom stereocenters. The molecule has 21 heavy (non-hydrogen) atoms. The molecule has 0 N–H and O–H groups in total. The van der Waals surface area contributed by atoms with Crippen LogP contribution in [0.2, 0.25) is 0 Å². The molecular weight excluding hydrogens is 272 g/mol. The van der Waals surface area contributed by atoms with Gasteiger partial charge in [-0.05, 0) is 31.4 Å². The Morgan fingerprint density at radius 2 is 2.43 bits per heavy atom. The van der Waals surface area contributed by atoms with Gasteiger partial charge in [-0.3, -0.25) is 4.68 Å². The molecule has 0 radical (unpaired) electrons. The quantitative estimate of drug-likeness (QED) is 0.809. The maximum atomic E-state index is 11.7. The van der Waals surface area contributed by atoms with E-state index in [4.69, 9.17) is 13.9 Å². The fourth-order valence-electron chi connectivity index (χ4n) is 2.55. The van der Waals surface area contributed by atoms with Gasteiger partial charge >= 0.3 is 5.97 Å². The Hall–Kier alpha value is -2.08. The lowest BCUT2D eigenvalue weighted by atomic mass is 10.1. The van der Waals surface area contributed by atoms with Gasteiger partial charge in [-0.15, -0.1) is 0 Å². The average Bonchev–Trinajstić information content (AvgIpc) is 3.16. The highest BCUT2D eigenvalue weighted by molar-refractivity contribution is 5.88. The topological polar surface area (TPSA) is 66.5 Å². The van der Waals surface area contributed by atoms with E-state index in [0.717, 1.165) is 37.1 Å². The van der Waals surface area contributed by atoms with Crippen LogP contribution in [0.15, 0.2) is 29.1 Å². The normalized spacial score (nSPS) is 18.6. The summed E-state index contributed by atoms with van der Waals surface area (Å²) in [6, 6.07) is 3.57. The standard InChI is InChI=1S/C15H18N2O4/c1-19-15(18)13-8-14(11-5-7-20-10-11)17(16-13)9-12-4-2-3-6-21-12/h5,7-8,10,12H,2-4,6,9H2,1H3. The number of furan rings is 1. The largest absolute Gasteiger partial charge is 0.472 e. The van der Waals surface area contributed by atoms with Gasteiger partial charge in [0.2, 0.25) is 0 Å². The zero-order valence-electron chi connectivity index (χ0n) is 11.9. The lowest BCUT2D eigenvalue weighted by Gasteiger charge is -2.23. The van der Waals surface area contributed by atoms with Crippen LogP contribution in [0.25, 0.3) is 11.3 Å². The molecule has 0 aromatic carbocycles. The summed E-state index contributed by atoms with van der Waals surface area (Å²) in [5.41, 5.74) is 2.01. The number of hydrogen-bond acceptors (Lipinski definition) is 5. The monoisotopic (exact) mass is 290 g/mol. The Balaban J connectivity index is 1.89. The Kier molecular flexibility index (Phi) is 4.06. The van der Waals surface area contributed by atoms with Crippen LogP contribution in [-0.2, 0) is 16.0 Å². The third kappa shape index (κ3) is 3.00. The number of methoxy groups -OCH3 is 1. The summed E-state index contributed by atoms with van der Waals surface area (Å²) in [5.74, 6) is -0.442. The van der Waals surface area contributed by atoms with Crippen molar-refractivity contribution in [3.63, 3.8) is 0 Å². The number of hydrogen-bond donors (Lipinski definition) is 0. The summed E-state index contributed by atoms with van der Waals surface area (Å²) >= 11 is 0. The van der Waals surface area contributed by atoms with Crippen molar-refractivity contribution in [3.8, 4) is 11.3 Å². The van der Waals surface area contributed by atoms with Gasteiger partial charge in [-0.2, -0.15) is 5.10 Å². The van der Waals surface area contributed by atoms with Gasteiger partial charge in [0.15, 0.2) is 5.69 Å². The Bertz CT molecular complexity index is 597. The van der Waals surface area contributed by atoms with Crippen molar-refractivity contribution in [2.75, 3.05) is 13.7 Å². The van der Waals surface area contributed by atoms with Crippen molar-refractivity contribution >= 4 is 5.97 Å². The van der Waals surface area contributed by atoms with Gasteiger partial charge in [-0.25, -0.2) is 4.79 Å². The number of aromatic nitrogens is 2. The van der Waals surface area contributed by atoms with Crippen molar-refractivity contribution in [3.05, 3.63) is 30.4 Å². The summed E-state index contributed by atoms with van der Waals surface area (Å²) < 4.78 is 17.4. The van der Waals surface area contributed by atoms with E-state index in [1.807, 2.05) is 6.07 Å². The minimum Gasteiger partial charge on any atom is -0.472 e. The number of ether oxygens (including phenoxy) is 2. The molecule has 3 heterocycles. The molecule has 1 saturated heterocycles. The maximum absolute atomic E-state index is 11.7. The lowest BCUT2D eigenvalue weighted by molar-refractivity contribution is 0.00414. The number of rotatable bonds is 4. The molecule has 2 aromatic heterocycles. The third-order valence-corrected chi connectivity index (χ3v) is 3.64. The summed E-state index contributed by atoms with van der Waals surface area (Å²) in [4.78, 5) is 11.7. The highest BCUT2D eigenvalue weighted by Crippen LogP contribution is 2.23. The second-order valence-electron chi connectivity index (χ2n) is 5.09. The molecule has 2 aromatic rings. The fourth-order valence-corrected chi connectivity index (χ4v) is 2.55.